The lowest BCUT2D eigenvalue weighted by Gasteiger charge is -2.08. The number of amides is 1. The normalized spacial score (nSPS) is 10.4. The Kier molecular flexibility index (Phi) is 3.97. The smallest absolute Gasteiger partial charge is 0.273 e. The summed E-state index contributed by atoms with van der Waals surface area (Å²) in [6.07, 6.45) is 1.72. The highest BCUT2D eigenvalue weighted by atomic mass is 16.2. The third-order valence-electron chi connectivity index (χ3n) is 2.63. The lowest BCUT2D eigenvalue weighted by molar-refractivity contribution is 0.0821. The summed E-state index contributed by atoms with van der Waals surface area (Å²) >= 11 is 0. The highest BCUT2D eigenvalue weighted by Crippen LogP contribution is 2.11. The van der Waals surface area contributed by atoms with Gasteiger partial charge in [0.15, 0.2) is 11.5 Å². The van der Waals surface area contributed by atoms with Crippen LogP contribution in [0.3, 0.4) is 0 Å². The molecule has 2 aromatic rings. The molecule has 2 heterocycles. The van der Waals surface area contributed by atoms with Gasteiger partial charge in [0.05, 0.1) is 0 Å². The molecule has 0 radical (unpaired) electrons. The van der Waals surface area contributed by atoms with Gasteiger partial charge in [0.2, 0.25) is 0 Å². The molecule has 0 aliphatic heterocycles. The van der Waals surface area contributed by atoms with E-state index in [9.17, 15) is 4.79 Å². The zero-order chi connectivity index (χ0) is 14.7. The Labute approximate surface area is 117 Å². The van der Waals surface area contributed by atoms with Crippen molar-refractivity contribution < 1.29 is 4.79 Å². The fourth-order valence-electron chi connectivity index (χ4n) is 1.74. The summed E-state index contributed by atoms with van der Waals surface area (Å²) < 4.78 is 1.58. The highest BCUT2D eigenvalue weighted by molar-refractivity contribution is 5.91. The minimum absolute atomic E-state index is 0.138. The van der Waals surface area contributed by atoms with Crippen molar-refractivity contribution >= 4 is 11.7 Å². The van der Waals surface area contributed by atoms with Crippen LogP contribution in [0.25, 0.3) is 5.82 Å². The first kappa shape index (κ1) is 14.0. The fourth-order valence-corrected chi connectivity index (χ4v) is 1.74. The molecule has 0 saturated carbocycles. The van der Waals surface area contributed by atoms with E-state index in [0.29, 0.717) is 17.3 Å². The Balaban J connectivity index is 2.34. The van der Waals surface area contributed by atoms with Gasteiger partial charge in [0.25, 0.3) is 5.91 Å². The topological polar surface area (TPSA) is 75.9 Å². The van der Waals surface area contributed by atoms with E-state index >= 15 is 0 Å². The zero-order valence-electron chi connectivity index (χ0n) is 12.1. The summed E-state index contributed by atoms with van der Waals surface area (Å²) in [4.78, 5) is 21.9. The first-order valence-corrected chi connectivity index (χ1v) is 6.38. The first-order valence-electron chi connectivity index (χ1n) is 6.38. The van der Waals surface area contributed by atoms with Gasteiger partial charge in [-0.15, -0.1) is 0 Å². The maximum Gasteiger partial charge on any atom is 0.273 e. The maximum absolute atomic E-state index is 11.8. The van der Waals surface area contributed by atoms with Crippen LogP contribution in [0.1, 0.15) is 23.2 Å². The van der Waals surface area contributed by atoms with Crippen molar-refractivity contribution in [3.05, 3.63) is 29.8 Å². The molecule has 2 rings (SSSR count). The predicted molar refractivity (Wildman–Crippen MR) is 76.1 cm³/mol. The average molecular weight is 274 g/mol. The molecule has 0 atom stereocenters. The van der Waals surface area contributed by atoms with Crippen LogP contribution in [-0.4, -0.2) is 51.2 Å². The molecule has 1 amide bonds. The fraction of sp³-hybridized carbons (Fsp3) is 0.385. The van der Waals surface area contributed by atoms with Crippen molar-refractivity contribution in [2.24, 2.45) is 0 Å². The largest absolute Gasteiger partial charge is 0.370 e. The van der Waals surface area contributed by atoms with E-state index in [1.165, 1.54) is 4.90 Å². The van der Waals surface area contributed by atoms with Gasteiger partial charge in [-0.1, -0.05) is 0 Å². The molecule has 20 heavy (non-hydrogen) atoms. The molecular weight excluding hydrogens is 256 g/mol. The maximum atomic E-state index is 11.8. The number of carbonyl (C=O) groups excluding carboxylic acids is 1. The van der Waals surface area contributed by atoms with Gasteiger partial charge in [-0.2, -0.15) is 5.10 Å². The molecule has 0 spiro atoms. The second kappa shape index (κ2) is 5.68. The van der Waals surface area contributed by atoms with E-state index in [4.69, 9.17) is 0 Å². The predicted octanol–water partition coefficient (Wildman–Crippen LogP) is 1.10. The summed E-state index contributed by atoms with van der Waals surface area (Å²) in [6, 6.07) is 3.47. The summed E-state index contributed by atoms with van der Waals surface area (Å²) in [6.45, 7) is 4.60. The monoisotopic (exact) mass is 274 g/mol. The molecular formula is C13H18N6O. The van der Waals surface area contributed by atoms with Crippen molar-refractivity contribution in [3.8, 4) is 5.82 Å². The molecule has 2 aromatic heterocycles. The van der Waals surface area contributed by atoms with E-state index in [0.717, 1.165) is 12.4 Å². The van der Waals surface area contributed by atoms with Crippen molar-refractivity contribution in [1.82, 2.24) is 24.6 Å². The molecule has 0 unspecified atom stereocenters. The van der Waals surface area contributed by atoms with Crippen LogP contribution in [0.5, 0.6) is 0 Å². The van der Waals surface area contributed by atoms with Gasteiger partial charge in [0, 0.05) is 32.9 Å². The zero-order valence-corrected chi connectivity index (χ0v) is 12.1. The number of nitrogens with zero attached hydrogens (tertiary/aromatic N) is 5. The quantitative estimate of drug-likeness (QED) is 0.903. The number of anilines is 1. The standard InChI is InChI=1S/C13H18N6O/c1-5-14-11-8-12(16-9(2)15-11)19-7-6-10(17-19)13(20)18(3)4/h6-8H,5H2,1-4H3,(H,14,15,16). The molecule has 7 nitrogen and oxygen atoms in total. The molecule has 0 bridgehead atoms. The van der Waals surface area contributed by atoms with E-state index in [1.807, 2.05) is 13.8 Å². The second-order valence-corrected chi connectivity index (χ2v) is 4.53. The number of aryl methyl sites for hydroxylation is 1. The Morgan fingerprint density at radius 3 is 2.80 bits per heavy atom. The highest BCUT2D eigenvalue weighted by Gasteiger charge is 2.13. The third kappa shape index (κ3) is 2.93. The first-order chi connectivity index (χ1) is 9.51. The van der Waals surface area contributed by atoms with Crippen LogP contribution in [0.2, 0.25) is 0 Å². The SMILES string of the molecule is CCNc1cc(-n2ccc(C(=O)N(C)C)n2)nc(C)n1. The van der Waals surface area contributed by atoms with Crippen molar-refractivity contribution in [2.45, 2.75) is 13.8 Å². The number of carbonyl (C=O) groups is 1. The summed E-state index contributed by atoms with van der Waals surface area (Å²) in [5, 5.41) is 7.39. The Bertz CT molecular complexity index is 619. The Morgan fingerprint density at radius 1 is 1.40 bits per heavy atom. The van der Waals surface area contributed by atoms with Gasteiger partial charge in [-0.25, -0.2) is 14.6 Å². The lowest BCUT2D eigenvalue weighted by Crippen LogP contribution is -2.22. The van der Waals surface area contributed by atoms with Gasteiger partial charge < -0.3 is 10.2 Å². The van der Waals surface area contributed by atoms with Crippen molar-refractivity contribution in [3.63, 3.8) is 0 Å². The Hall–Kier alpha value is -2.44. The Morgan fingerprint density at radius 2 is 2.15 bits per heavy atom. The van der Waals surface area contributed by atoms with Gasteiger partial charge in [0.1, 0.15) is 11.6 Å². The molecule has 0 fully saturated rings. The second-order valence-electron chi connectivity index (χ2n) is 4.53. The summed E-state index contributed by atoms with van der Waals surface area (Å²) in [5.41, 5.74) is 0.385. The summed E-state index contributed by atoms with van der Waals surface area (Å²) in [7, 11) is 3.39. The van der Waals surface area contributed by atoms with Crippen LogP contribution in [0, 0.1) is 6.92 Å². The van der Waals surface area contributed by atoms with Crippen LogP contribution >= 0.6 is 0 Å². The number of aromatic nitrogens is 4. The van der Waals surface area contributed by atoms with E-state index in [2.05, 4.69) is 20.4 Å². The molecule has 0 aliphatic rings. The molecule has 106 valence electrons. The minimum Gasteiger partial charge on any atom is -0.370 e. The number of nitrogens with one attached hydrogen (secondary N) is 1. The number of rotatable bonds is 4. The van der Waals surface area contributed by atoms with Crippen LogP contribution in [0.15, 0.2) is 18.3 Å². The molecule has 0 aliphatic carbocycles. The molecule has 7 heteroatoms. The molecule has 0 aromatic carbocycles. The van der Waals surface area contributed by atoms with Crippen molar-refractivity contribution in [2.75, 3.05) is 26.0 Å². The van der Waals surface area contributed by atoms with Gasteiger partial charge in [-0.3, -0.25) is 4.79 Å². The van der Waals surface area contributed by atoms with Crippen LogP contribution in [-0.2, 0) is 0 Å². The van der Waals surface area contributed by atoms with Crippen LogP contribution < -0.4 is 5.32 Å². The number of hydrogen-bond donors (Lipinski definition) is 1. The van der Waals surface area contributed by atoms with Crippen molar-refractivity contribution in [1.29, 1.82) is 0 Å². The molecule has 1 N–H and O–H groups in total. The van der Waals surface area contributed by atoms with E-state index < -0.39 is 0 Å². The third-order valence-corrected chi connectivity index (χ3v) is 2.63. The van der Waals surface area contributed by atoms with Gasteiger partial charge in [-0.05, 0) is 19.9 Å². The van der Waals surface area contributed by atoms with Gasteiger partial charge >= 0.3 is 0 Å². The average Bonchev–Trinajstić information content (AvgIpc) is 2.87. The van der Waals surface area contributed by atoms with E-state index in [-0.39, 0.29) is 5.91 Å². The molecule has 0 saturated heterocycles. The minimum atomic E-state index is -0.138. The van der Waals surface area contributed by atoms with Crippen LogP contribution in [0.4, 0.5) is 5.82 Å². The summed E-state index contributed by atoms with van der Waals surface area (Å²) in [5.74, 6) is 1.88. The lowest BCUT2D eigenvalue weighted by atomic mass is 10.4. The van der Waals surface area contributed by atoms with E-state index in [1.54, 1.807) is 37.1 Å². The number of hydrogen-bond acceptors (Lipinski definition) is 5.